The van der Waals surface area contributed by atoms with Crippen LogP contribution in [0.3, 0.4) is 0 Å². The number of anilines is 1. The van der Waals surface area contributed by atoms with Gasteiger partial charge in [0, 0.05) is 6.20 Å². The topological polar surface area (TPSA) is 164 Å². The molecule has 27 heavy (non-hydrogen) atoms. The Labute approximate surface area is 154 Å². The number of fused-ring (bicyclic) bond motifs is 1. The number of aromatic nitrogens is 2. The number of nitrogen functional groups attached to an aromatic ring is 1. The number of hydrogen-bond donors (Lipinski definition) is 3. The highest BCUT2D eigenvalue weighted by Gasteiger charge is 2.53. The first-order chi connectivity index (χ1) is 12.7. The van der Waals surface area contributed by atoms with Crippen molar-refractivity contribution in [1.82, 2.24) is 14.6 Å². The van der Waals surface area contributed by atoms with E-state index < -0.39 is 50.0 Å². The lowest BCUT2D eigenvalue weighted by Crippen LogP contribution is -2.44. The van der Waals surface area contributed by atoms with Gasteiger partial charge in [0.2, 0.25) is 0 Å². The summed E-state index contributed by atoms with van der Waals surface area (Å²) in [6.45, 7) is 3.08. The molecule has 0 amide bonds. The highest BCUT2D eigenvalue weighted by atomic mass is 31.2. The fourth-order valence-corrected chi connectivity index (χ4v) is 4.52. The molecule has 1 aromatic heterocycles. The van der Waals surface area contributed by atoms with Crippen molar-refractivity contribution in [1.29, 1.82) is 0 Å². The summed E-state index contributed by atoms with van der Waals surface area (Å²) in [5, 5.41) is 13.0. The zero-order chi connectivity index (χ0) is 19.8. The van der Waals surface area contributed by atoms with Crippen LogP contribution in [0.2, 0.25) is 0 Å². The summed E-state index contributed by atoms with van der Waals surface area (Å²) in [5.74, 6) is -0.593. The lowest BCUT2D eigenvalue weighted by atomic mass is 10.1. The molecule has 150 valence electrons. The van der Waals surface area contributed by atoms with Gasteiger partial charge in [0.05, 0.1) is 13.2 Å². The second-order valence-electron chi connectivity index (χ2n) is 6.06. The van der Waals surface area contributed by atoms with E-state index in [1.807, 2.05) is 0 Å². The van der Waals surface area contributed by atoms with Crippen LogP contribution in [-0.2, 0) is 27.9 Å². The van der Waals surface area contributed by atoms with Gasteiger partial charge in [-0.2, -0.15) is 4.98 Å². The first-order valence-electron chi connectivity index (χ1n) is 8.29. The predicted molar refractivity (Wildman–Crippen MR) is 90.5 cm³/mol. The molecule has 0 aliphatic carbocycles. The molecule has 0 bridgehead atoms. The summed E-state index contributed by atoms with van der Waals surface area (Å²) >= 11 is 0. The Morgan fingerprint density at radius 2 is 2.37 bits per heavy atom. The van der Waals surface area contributed by atoms with Crippen molar-refractivity contribution in [2.45, 2.75) is 44.4 Å². The number of carbonyl (C=O) groups excluding carboxylic acids is 1. The second kappa shape index (κ2) is 7.66. The molecular weight excluding hydrogens is 383 g/mol. The molecule has 3 rings (SSSR count). The molecule has 13 heteroatoms. The average molecular weight is 404 g/mol. The van der Waals surface area contributed by atoms with Gasteiger partial charge in [-0.25, -0.2) is 14.4 Å². The third-order valence-electron chi connectivity index (χ3n) is 4.10. The minimum atomic E-state index is -3.91. The Morgan fingerprint density at radius 1 is 1.63 bits per heavy atom. The van der Waals surface area contributed by atoms with E-state index in [1.165, 1.54) is 19.2 Å². The molecular formula is C14H21N4O8P. The molecule has 6 atom stereocenters. The molecule has 0 aromatic carbocycles. The van der Waals surface area contributed by atoms with Crippen molar-refractivity contribution < 1.29 is 33.0 Å². The number of nitrogens with two attached hydrogens (primary N) is 1. The van der Waals surface area contributed by atoms with Gasteiger partial charge in [-0.15, -0.1) is 0 Å². The van der Waals surface area contributed by atoms with Gasteiger partial charge in [-0.1, -0.05) is 0 Å². The van der Waals surface area contributed by atoms with Gasteiger partial charge in [0.1, 0.15) is 30.2 Å². The summed E-state index contributed by atoms with van der Waals surface area (Å²) in [6.07, 6.45) is -2.91. The first-order valence-corrected chi connectivity index (χ1v) is 9.84. The molecule has 2 fully saturated rings. The largest absolute Gasteiger partial charge is 0.465 e. The maximum atomic E-state index is 12.8. The third-order valence-corrected chi connectivity index (χ3v) is 5.81. The highest BCUT2D eigenvalue weighted by Crippen LogP contribution is 2.53. The molecule has 3 heterocycles. The SMILES string of the molecule is CCOC(=O)[C@H](C)NP1(=O)OCC2O[C@@H](n3ccc(N)nc3=O)[C@@H](O)[C@@H]2O1. The van der Waals surface area contributed by atoms with E-state index in [-0.39, 0.29) is 19.0 Å². The van der Waals surface area contributed by atoms with Gasteiger partial charge in [0.25, 0.3) is 0 Å². The van der Waals surface area contributed by atoms with E-state index >= 15 is 0 Å². The van der Waals surface area contributed by atoms with Crippen LogP contribution < -0.4 is 16.5 Å². The van der Waals surface area contributed by atoms with E-state index in [4.69, 9.17) is 24.3 Å². The van der Waals surface area contributed by atoms with Crippen molar-refractivity contribution in [3.8, 4) is 0 Å². The van der Waals surface area contributed by atoms with E-state index in [1.54, 1.807) is 6.92 Å². The number of aliphatic hydroxyl groups excluding tert-OH is 1. The summed E-state index contributed by atoms with van der Waals surface area (Å²) in [7, 11) is -3.91. The van der Waals surface area contributed by atoms with Gasteiger partial charge in [0.15, 0.2) is 6.23 Å². The zero-order valence-corrected chi connectivity index (χ0v) is 15.6. The quantitative estimate of drug-likeness (QED) is 0.413. The molecule has 4 N–H and O–H groups in total. The summed E-state index contributed by atoms with van der Waals surface area (Å²) in [4.78, 5) is 27.3. The standard InChI is InChI=1S/C14H21N4O8P/c1-3-23-13(20)7(2)17-27(22)24-6-8-11(26-27)10(19)12(25-8)18-5-4-9(15)16-14(18)21/h4-5,7-8,10-12,19H,3,6H2,1-2H3,(H,17,22)(H2,15,16,21)/t7-,8?,10-,11+,12+,27?/m0/s1. The molecule has 1 aromatic rings. The fourth-order valence-electron chi connectivity index (χ4n) is 2.82. The molecule has 0 saturated carbocycles. The predicted octanol–water partition coefficient (Wildman–Crippen LogP) is -0.851. The van der Waals surface area contributed by atoms with Crippen LogP contribution in [-0.4, -0.2) is 58.2 Å². The maximum absolute atomic E-state index is 12.8. The number of aliphatic hydroxyl groups is 1. The van der Waals surface area contributed by atoms with Gasteiger partial charge in [-0.3, -0.25) is 18.4 Å². The van der Waals surface area contributed by atoms with E-state index in [9.17, 15) is 19.3 Å². The van der Waals surface area contributed by atoms with Crippen LogP contribution in [0.1, 0.15) is 20.1 Å². The fraction of sp³-hybridized carbons (Fsp3) is 0.643. The number of nitrogens with zero attached hydrogens (tertiary/aromatic N) is 2. The van der Waals surface area contributed by atoms with Crippen molar-refractivity contribution in [2.75, 3.05) is 18.9 Å². The van der Waals surface area contributed by atoms with Crippen molar-refractivity contribution >= 4 is 19.5 Å². The minimum Gasteiger partial charge on any atom is -0.465 e. The Morgan fingerprint density at radius 3 is 3.04 bits per heavy atom. The number of ether oxygens (including phenoxy) is 2. The van der Waals surface area contributed by atoms with Gasteiger partial charge >= 0.3 is 19.4 Å². The van der Waals surface area contributed by atoms with E-state index in [0.29, 0.717) is 0 Å². The number of rotatable bonds is 5. The number of esters is 1. The van der Waals surface area contributed by atoms with Crippen LogP contribution in [0.15, 0.2) is 17.1 Å². The van der Waals surface area contributed by atoms with Crippen molar-refractivity contribution in [2.24, 2.45) is 0 Å². The Bertz CT molecular complexity index is 817. The number of hydrogen-bond acceptors (Lipinski definition) is 10. The monoisotopic (exact) mass is 404 g/mol. The van der Waals surface area contributed by atoms with Crippen molar-refractivity contribution in [3.63, 3.8) is 0 Å². The molecule has 0 spiro atoms. The number of nitrogens with one attached hydrogen (secondary N) is 1. The van der Waals surface area contributed by atoms with Crippen LogP contribution in [0.25, 0.3) is 0 Å². The van der Waals surface area contributed by atoms with Crippen LogP contribution in [0.4, 0.5) is 5.82 Å². The van der Waals surface area contributed by atoms with Crippen LogP contribution >= 0.6 is 7.75 Å². The maximum Gasteiger partial charge on any atom is 0.406 e. The third kappa shape index (κ3) is 4.05. The lowest BCUT2D eigenvalue weighted by Gasteiger charge is -2.32. The van der Waals surface area contributed by atoms with E-state index in [0.717, 1.165) is 4.57 Å². The lowest BCUT2D eigenvalue weighted by molar-refractivity contribution is -0.145. The minimum absolute atomic E-state index is 0.0300. The van der Waals surface area contributed by atoms with Gasteiger partial charge in [-0.05, 0) is 19.9 Å². The van der Waals surface area contributed by atoms with E-state index in [2.05, 4.69) is 10.1 Å². The molecule has 2 aliphatic rings. The average Bonchev–Trinajstić information content (AvgIpc) is 2.91. The molecule has 12 nitrogen and oxygen atoms in total. The molecule has 0 radical (unpaired) electrons. The smallest absolute Gasteiger partial charge is 0.406 e. The first kappa shape index (κ1) is 19.9. The molecule has 2 unspecified atom stereocenters. The normalized spacial score (nSPS) is 34.0. The molecule has 2 aliphatic heterocycles. The summed E-state index contributed by atoms with van der Waals surface area (Å²) in [5.41, 5.74) is 4.74. The number of carbonyl (C=O) groups is 1. The Kier molecular flexibility index (Phi) is 5.65. The Hall–Kier alpha value is -1.82. The summed E-state index contributed by atoms with van der Waals surface area (Å²) in [6, 6.07) is 0.427. The van der Waals surface area contributed by atoms with Crippen LogP contribution in [0.5, 0.6) is 0 Å². The summed E-state index contributed by atoms with van der Waals surface area (Å²) < 4.78 is 34.9. The van der Waals surface area contributed by atoms with Gasteiger partial charge < -0.3 is 20.3 Å². The van der Waals surface area contributed by atoms with Crippen molar-refractivity contribution in [3.05, 3.63) is 22.7 Å². The molecule has 2 saturated heterocycles. The zero-order valence-electron chi connectivity index (χ0n) is 14.7. The Balaban J connectivity index is 1.73. The van der Waals surface area contributed by atoms with Crippen LogP contribution in [0, 0.1) is 0 Å². The highest BCUT2D eigenvalue weighted by molar-refractivity contribution is 7.51. The second-order valence-corrected chi connectivity index (χ2v) is 7.79.